The number of pyridine rings is 1. The van der Waals surface area contributed by atoms with E-state index in [-0.39, 0.29) is 0 Å². The summed E-state index contributed by atoms with van der Waals surface area (Å²) in [6.07, 6.45) is 0.779. The maximum atomic E-state index is 8.89. The van der Waals surface area contributed by atoms with Crippen molar-refractivity contribution >= 4 is 27.8 Å². The van der Waals surface area contributed by atoms with E-state index in [2.05, 4.69) is 34.4 Å². The molecule has 0 amide bonds. The molecule has 130 valence electrons. The minimum Gasteiger partial charge on any atom is -0.382 e. The lowest BCUT2D eigenvalue weighted by Crippen LogP contribution is -2.02. The van der Waals surface area contributed by atoms with Gasteiger partial charge in [-0.05, 0) is 30.3 Å². The molecule has 0 aliphatic carbocycles. The van der Waals surface area contributed by atoms with Crippen LogP contribution in [0.15, 0.2) is 48.5 Å². The van der Waals surface area contributed by atoms with Gasteiger partial charge in [-0.2, -0.15) is 5.26 Å². The highest BCUT2D eigenvalue weighted by atomic mass is 15.1. The molecule has 0 fully saturated rings. The Morgan fingerprint density at radius 2 is 1.78 bits per heavy atom. The maximum Gasteiger partial charge on any atom is 0.152 e. The Balaban J connectivity index is 1.81. The zero-order chi connectivity index (χ0) is 18.8. The molecule has 0 atom stereocenters. The molecule has 2 heterocycles. The van der Waals surface area contributed by atoms with Crippen molar-refractivity contribution in [2.45, 2.75) is 19.9 Å². The van der Waals surface area contributed by atoms with Crippen molar-refractivity contribution in [3.8, 4) is 17.9 Å². The highest BCUT2D eigenvalue weighted by molar-refractivity contribution is 6.06. The standard InChI is InChI=1S/C22H17N5/c1-2-19-26-20-21(17-7-3-4-8-18(17)25-22(20)24)27(19)13-5-6-15-9-11-16(14-23)12-10-15/h3-4,7-12H,2,13H2,1H3,(H2,24,25). The lowest BCUT2D eigenvalue weighted by molar-refractivity contribution is 0.783. The van der Waals surface area contributed by atoms with Gasteiger partial charge in [0.25, 0.3) is 0 Å². The van der Waals surface area contributed by atoms with E-state index in [0.29, 0.717) is 17.9 Å². The molecule has 0 aliphatic rings. The predicted octanol–water partition coefficient (Wildman–Crippen LogP) is 3.65. The molecule has 4 aromatic rings. The van der Waals surface area contributed by atoms with E-state index >= 15 is 0 Å². The van der Waals surface area contributed by atoms with Crippen molar-refractivity contribution in [3.63, 3.8) is 0 Å². The lowest BCUT2D eigenvalue weighted by atomic mass is 10.1. The molecule has 4 rings (SSSR count). The van der Waals surface area contributed by atoms with Crippen LogP contribution in [0.5, 0.6) is 0 Å². The van der Waals surface area contributed by atoms with Crippen LogP contribution in [0, 0.1) is 23.2 Å². The minimum atomic E-state index is 0.442. The number of hydrogen-bond acceptors (Lipinski definition) is 4. The van der Waals surface area contributed by atoms with E-state index in [1.165, 1.54) is 0 Å². The second kappa shape index (κ2) is 6.82. The van der Waals surface area contributed by atoms with Crippen LogP contribution in [0.4, 0.5) is 5.82 Å². The third-order valence-electron chi connectivity index (χ3n) is 4.49. The van der Waals surface area contributed by atoms with E-state index in [1.54, 1.807) is 12.1 Å². The SMILES string of the molecule is CCc1nc2c(N)nc3ccccc3c2n1CC#Cc1ccc(C#N)cc1. The average molecular weight is 351 g/mol. The Kier molecular flexibility index (Phi) is 4.20. The number of anilines is 1. The van der Waals surface area contributed by atoms with Gasteiger partial charge in [-0.15, -0.1) is 0 Å². The van der Waals surface area contributed by atoms with Crippen molar-refractivity contribution in [1.82, 2.24) is 14.5 Å². The monoisotopic (exact) mass is 351 g/mol. The Hall–Kier alpha value is -3.83. The number of nitrogens with two attached hydrogens (primary N) is 1. The summed E-state index contributed by atoms with van der Waals surface area (Å²) in [5.41, 5.74) is 10.2. The van der Waals surface area contributed by atoms with Crippen LogP contribution in [-0.4, -0.2) is 14.5 Å². The molecule has 0 saturated heterocycles. The van der Waals surface area contributed by atoms with Crippen LogP contribution >= 0.6 is 0 Å². The molecule has 5 heteroatoms. The summed E-state index contributed by atoms with van der Waals surface area (Å²) >= 11 is 0. The van der Waals surface area contributed by atoms with Crippen LogP contribution in [0.1, 0.15) is 23.9 Å². The number of hydrogen-bond donors (Lipinski definition) is 1. The fourth-order valence-corrected chi connectivity index (χ4v) is 3.19. The number of imidazole rings is 1. The topological polar surface area (TPSA) is 80.5 Å². The number of nitrogen functional groups attached to an aromatic ring is 1. The molecule has 0 bridgehead atoms. The second-order valence-corrected chi connectivity index (χ2v) is 6.17. The number of fused-ring (bicyclic) bond motifs is 3. The first-order valence-corrected chi connectivity index (χ1v) is 8.73. The van der Waals surface area contributed by atoms with Gasteiger partial charge in [0.15, 0.2) is 5.82 Å². The summed E-state index contributed by atoms with van der Waals surface area (Å²) in [5.74, 6) is 7.76. The molecule has 5 nitrogen and oxygen atoms in total. The molecule has 0 radical (unpaired) electrons. The molecule has 2 aromatic carbocycles. The maximum absolute atomic E-state index is 8.89. The fourth-order valence-electron chi connectivity index (χ4n) is 3.19. The first-order chi connectivity index (χ1) is 13.2. The number of aromatic nitrogens is 3. The predicted molar refractivity (Wildman–Crippen MR) is 107 cm³/mol. The molecule has 0 saturated carbocycles. The highest BCUT2D eigenvalue weighted by Gasteiger charge is 2.15. The van der Waals surface area contributed by atoms with Gasteiger partial charge in [0.1, 0.15) is 11.3 Å². The number of nitriles is 1. The summed E-state index contributed by atoms with van der Waals surface area (Å²) in [4.78, 5) is 9.18. The largest absolute Gasteiger partial charge is 0.382 e. The highest BCUT2D eigenvalue weighted by Crippen LogP contribution is 2.28. The van der Waals surface area contributed by atoms with Crippen LogP contribution < -0.4 is 5.73 Å². The summed E-state index contributed by atoms with van der Waals surface area (Å²) in [7, 11) is 0. The van der Waals surface area contributed by atoms with Gasteiger partial charge in [-0.3, -0.25) is 0 Å². The smallest absolute Gasteiger partial charge is 0.152 e. The molecule has 0 unspecified atom stereocenters. The van der Waals surface area contributed by atoms with Crippen LogP contribution in [-0.2, 0) is 13.0 Å². The first-order valence-electron chi connectivity index (χ1n) is 8.73. The van der Waals surface area contributed by atoms with E-state index in [1.807, 2.05) is 36.4 Å². The van der Waals surface area contributed by atoms with Gasteiger partial charge in [-0.25, -0.2) is 9.97 Å². The molecule has 0 aliphatic heterocycles. The van der Waals surface area contributed by atoms with E-state index < -0.39 is 0 Å². The van der Waals surface area contributed by atoms with Gasteiger partial charge in [0.2, 0.25) is 0 Å². The summed E-state index contributed by atoms with van der Waals surface area (Å²) in [5, 5.41) is 9.91. The number of aryl methyl sites for hydroxylation is 1. The van der Waals surface area contributed by atoms with E-state index in [4.69, 9.17) is 16.0 Å². The van der Waals surface area contributed by atoms with Gasteiger partial charge >= 0.3 is 0 Å². The normalized spacial score (nSPS) is 10.5. The zero-order valence-corrected chi connectivity index (χ0v) is 14.9. The molecule has 2 N–H and O–H groups in total. The third-order valence-corrected chi connectivity index (χ3v) is 4.49. The van der Waals surface area contributed by atoms with Gasteiger partial charge in [0, 0.05) is 17.4 Å². The van der Waals surface area contributed by atoms with Crippen LogP contribution in [0.25, 0.3) is 21.9 Å². The number of nitrogens with zero attached hydrogens (tertiary/aromatic N) is 4. The van der Waals surface area contributed by atoms with Gasteiger partial charge in [-0.1, -0.05) is 37.0 Å². The fraction of sp³-hybridized carbons (Fsp3) is 0.136. The molecular weight excluding hydrogens is 334 g/mol. The quantitative estimate of drug-likeness (QED) is 0.559. The average Bonchev–Trinajstić information content (AvgIpc) is 3.08. The van der Waals surface area contributed by atoms with Gasteiger partial charge < -0.3 is 10.3 Å². The lowest BCUT2D eigenvalue weighted by Gasteiger charge is -2.06. The summed E-state index contributed by atoms with van der Waals surface area (Å²) in [6, 6.07) is 17.3. The minimum absolute atomic E-state index is 0.442. The Morgan fingerprint density at radius 3 is 2.52 bits per heavy atom. The van der Waals surface area contributed by atoms with Crippen molar-refractivity contribution in [2.24, 2.45) is 0 Å². The number of rotatable bonds is 2. The Labute approximate surface area is 157 Å². The van der Waals surface area contributed by atoms with Crippen molar-refractivity contribution in [3.05, 3.63) is 65.5 Å². The molecule has 2 aromatic heterocycles. The van der Waals surface area contributed by atoms with Crippen LogP contribution in [0.2, 0.25) is 0 Å². The first kappa shape index (κ1) is 16.6. The number of para-hydroxylation sites is 1. The molecular formula is C22H17N5. The van der Waals surface area contributed by atoms with Gasteiger partial charge in [0.05, 0.1) is 29.2 Å². The van der Waals surface area contributed by atoms with Crippen molar-refractivity contribution < 1.29 is 0 Å². The number of benzene rings is 2. The van der Waals surface area contributed by atoms with Crippen molar-refractivity contribution in [1.29, 1.82) is 5.26 Å². The Morgan fingerprint density at radius 1 is 1.04 bits per heavy atom. The molecule has 0 spiro atoms. The third kappa shape index (κ3) is 2.96. The Bertz CT molecular complexity index is 1250. The molecule has 27 heavy (non-hydrogen) atoms. The van der Waals surface area contributed by atoms with E-state index in [0.717, 1.165) is 39.7 Å². The summed E-state index contributed by atoms with van der Waals surface area (Å²) < 4.78 is 2.12. The van der Waals surface area contributed by atoms with E-state index in [9.17, 15) is 0 Å². The van der Waals surface area contributed by atoms with Crippen LogP contribution in [0.3, 0.4) is 0 Å². The summed E-state index contributed by atoms with van der Waals surface area (Å²) in [6.45, 7) is 2.57. The zero-order valence-electron chi connectivity index (χ0n) is 14.9. The van der Waals surface area contributed by atoms with Crippen molar-refractivity contribution in [2.75, 3.05) is 5.73 Å². The second-order valence-electron chi connectivity index (χ2n) is 6.17.